The lowest BCUT2D eigenvalue weighted by atomic mass is 10.1. The maximum absolute atomic E-state index is 11.1. The first kappa shape index (κ1) is 14.3. The molecule has 8 nitrogen and oxygen atoms in total. The number of pyridine rings is 1. The number of nitrogens with two attached hydrogens (primary N) is 1. The number of nitrogens with zero attached hydrogens (tertiary/aromatic N) is 2. The van der Waals surface area contributed by atoms with E-state index in [2.05, 4.69) is 4.98 Å². The topological polar surface area (TPSA) is 129 Å². The minimum Gasteiger partial charge on any atom is -0.478 e. The molecule has 0 amide bonds. The molecule has 0 aliphatic heterocycles. The Morgan fingerprint density at radius 3 is 2.67 bits per heavy atom. The molecule has 21 heavy (non-hydrogen) atoms. The minimum atomic E-state index is -1.15. The maximum atomic E-state index is 11.1. The fraction of sp³-hybridized carbons (Fsp3) is 0.0769. The van der Waals surface area contributed by atoms with Gasteiger partial charge in [-0.25, -0.2) is 4.79 Å². The number of carboxylic acids is 1. The molecule has 0 bridgehead atoms. The summed E-state index contributed by atoms with van der Waals surface area (Å²) in [6.07, 6.45) is 0. The lowest BCUT2D eigenvalue weighted by Gasteiger charge is -2.09. The van der Waals surface area contributed by atoms with Crippen LogP contribution >= 0.6 is 0 Å². The summed E-state index contributed by atoms with van der Waals surface area (Å²) in [4.78, 5) is 24.8. The number of hydrogen-bond donors (Lipinski definition) is 2. The molecular weight excluding hydrogens is 278 g/mol. The summed E-state index contributed by atoms with van der Waals surface area (Å²) in [5, 5.41) is 19.7. The number of aromatic nitrogens is 1. The molecule has 108 valence electrons. The second-order valence-corrected chi connectivity index (χ2v) is 4.22. The van der Waals surface area contributed by atoms with E-state index in [0.717, 1.165) is 11.6 Å². The summed E-state index contributed by atoms with van der Waals surface area (Å²) >= 11 is 0. The van der Waals surface area contributed by atoms with E-state index in [4.69, 9.17) is 15.6 Å². The van der Waals surface area contributed by atoms with Gasteiger partial charge in [0, 0.05) is 12.1 Å². The van der Waals surface area contributed by atoms with Crippen molar-refractivity contribution in [3.05, 3.63) is 51.6 Å². The van der Waals surface area contributed by atoms with Crippen molar-refractivity contribution in [1.29, 1.82) is 0 Å². The van der Waals surface area contributed by atoms with E-state index in [-0.39, 0.29) is 28.7 Å². The second-order valence-electron chi connectivity index (χ2n) is 4.22. The lowest BCUT2D eigenvalue weighted by Crippen LogP contribution is -2.03. The van der Waals surface area contributed by atoms with Gasteiger partial charge in [0.2, 0.25) is 11.7 Å². The van der Waals surface area contributed by atoms with Crippen LogP contribution in [-0.2, 0) is 0 Å². The van der Waals surface area contributed by atoms with Crippen LogP contribution in [0.5, 0.6) is 11.6 Å². The van der Waals surface area contributed by atoms with Crippen LogP contribution in [0.3, 0.4) is 0 Å². The van der Waals surface area contributed by atoms with Crippen LogP contribution in [0.2, 0.25) is 0 Å². The molecule has 2 aromatic rings. The van der Waals surface area contributed by atoms with Crippen LogP contribution < -0.4 is 10.5 Å². The third kappa shape index (κ3) is 3.06. The van der Waals surface area contributed by atoms with Gasteiger partial charge in [0.1, 0.15) is 11.3 Å². The first-order chi connectivity index (χ1) is 9.88. The second kappa shape index (κ2) is 5.45. The zero-order valence-corrected chi connectivity index (χ0v) is 10.9. The largest absolute Gasteiger partial charge is 0.478 e. The van der Waals surface area contributed by atoms with Crippen LogP contribution in [0.1, 0.15) is 15.9 Å². The molecule has 2 rings (SSSR count). The summed E-state index contributed by atoms with van der Waals surface area (Å²) < 4.78 is 5.37. The molecular formula is C13H11N3O5. The van der Waals surface area contributed by atoms with E-state index in [1.165, 1.54) is 18.2 Å². The Bertz CT molecular complexity index is 730. The van der Waals surface area contributed by atoms with Crippen LogP contribution in [-0.4, -0.2) is 21.0 Å². The third-order valence-corrected chi connectivity index (χ3v) is 2.66. The number of carbonyl (C=O) groups is 1. The van der Waals surface area contributed by atoms with E-state index in [1.54, 1.807) is 13.0 Å². The first-order valence-corrected chi connectivity index (χ1v) is 5.81. The summed E-state index contributed by atoms with van der Waals surface area (Å²) in [5.41, 5.74) is 5.87. The minimum absolute atomic E-state index is 0.0220. The Balaban J connectivity index is 2.38. The van der Waals surface area contributed by atoms with E-state index in [1.807, 2.05) is 0 Å². The molecule has 3 N–H and O–H groups in total. The monoisotopic (exact) mass is 289 g/mol. The molecule has 0 spiro atoms. The predicted molar refractivity (Wildman–Crippen MR) is 73.5 cm³/mol. The highest BCUT2D eigenvalue weighted by Crippen LogP contribution is 2.28. The molecule has 0 radical (unpaired) electrons. The van der Waals surface area contributed by atoms with E-state index in [9.17, 15) is 14.9 Å². The van der Waals surface area contributed by atoms with Crippen LogP contribution in [0.4, 0.5) is 11.5 Å². The molecule has 0 saturated heterocycles. The number of rotatable bonds is 4. The molecule has 0 aliphatic carbocycles. The smallest absolute Gasteiger partial charge is 0.339 e. The Morgan fingerprint density at radius 1 is 1.38 bits per heavy atom. The molecule has 0 fully saturated rings. The number of hydrogen-bond acceptors (Lipinski definition) is 6. The van der Waals surface area contributed by atoms with Crippen LogP contribution in [0.25, 0.3) is 0 Å². The molecule has 1 aromatic heterocycles. The van der Waals surface area contributed by atoms with Crippen molar-refractivity contribution in [2.24, 2.45) is 0 Å². The predicted octanol–water partition coefficient (Wildman–Crippen LogP) is 2.37. The third-order valence-electron chi connectivity index (χ3n) is 2.66. The highest BCUT2D eigenvalue weighted by Gasteiger charge is 2.16. The van der Waals surface area contributed by atoms with Gasteiger partial charge in [-0.05, 0) is 24.6 Å². The Morgan fingerprint density at radius 2 is 2.10 bits per heavy atom. The molecule has 8 heteroatoms. The molecule has 1 heterocycles. The SMILES string of the molecule is Cc1ccc(C(=O)O)c(Oc2ccc([N+](=O)[O-])c(N)n2)c1. The fourth-order valence-electron chi connectivity index (χ4n) is 1.66. The highest BCUT2D eigenvalue weighted by molar-refractivity contribution is 5.91. The number of carboxylic acid groups (broad SMARTS) is 1. The number of benzene rings is 1. The van der Waals surface area contributed by atoms with Gasteiger partial charge >= 0.3 is 11.7 Å². The zero-order valence-electron chi connectivity index (χ0n) is 10.9. The van der Waals surface area contributed by atoms with E-state index < -0.39 is 10.9 Å². The van der Waals surface area contributed by atoms with Crippen LogP contribution in [0, 0.1) is 17.0 Å². The summed E-state index contributed by atoms with van der Waals surface area (Å²) in [6, 6.07) is 6.97. The van der Waals surface area contributed by atoms with Gasteiger partial charge in [0.15, 0.2) is 0 Å². The normalized spacial score (nSPS) is 10.1. The van der Waals surface area contributed by atoms with Crippen molar-refractivity contribution in [2.75, 3.05) is 5.73 Å². The molecule has 0 aliphatic rings. The van der Waals surface area contributed by atoms with Gasteiger partial charge in [-0.3, -0.25) is 10.1 Å². The molecule has 1 aromatic carbocycles. The van der Waals surface area contributed by atoms with Gasteiger partial charge in [-0.15, -0.1) is 0 Å². The summed E-state index contributed by atoms with van der Waals surface area (Å²) in [6.45, 7) is 1.77. The van der Waals surface area contributed by atoms with Crippen molar-refractivity contribution >= 4 is 17.5 Å². The van der Waals surface area contributed by atoms with Gasteiger partial charge in [-0.1, -0.05) is 6.07 Å². The van der Waals surface area contributed by atoms with Crippen molar-refractivity contribution < 1.29 is 19.6 Å². The Kier molecular flexibility index (Phi) is 3.70. The van der Waals surface area contributed by atoms with Crippen molar-refractivity contribution in [3.8, 4) is 11.6 Å². The zero-order chi connectivity index (χ0) is 15.6. The van der Waals surface area contributed by atoms with Crippen molar-refractivity contribution in [1.82, 2.24) is 4.98 Å². The standard InChI is InChI=1S/C13H11N3O5/c1-7-2-3-8(13(17)18)10(6-7)21-11-5-4-9(16(19)20)12(14)15-11/h2-6H,1H3,(H2,14,15)(H,17,18). The number of aromatic carboxylic acids is 1. The summed E-state index contributed by atoms with van der Waals surface area (Å²) in [5.74, 6) is -1.39. The fourth-order valence-corrected chi connectivity index (χ4v) is 1.66. The first-order valence-electron chi connectivity index (χ1n) is 5.81. The van der Waals surface area contributed by atoms with E-state index >= 15 is 0 Å². The van der Waals surface area contributed by atoms with Gasteiger partial charge in [0.05, 0.1) is 4.92 Å². The quantitative estimate of drug-likeness (QED) is 0.652. The summed E-state index contributed by atoms with van der Waals surface area (Å²) in [7, 11) is 0. The Labute approximate surface area is 119 Å². The van der Waals surface area contributed by atoms with Crippen LogP contribution in [0.15, 0.2) is 30.3 Å². The van der Waals surface area contributed by atoms with Crippen molar-refractivity contribution in [2.45, 2.75) is 6.92 Å². The number of ether oxygens (including phenoxy) is 1. The Hall–Kier alpha value is -3.16. The highest BCUT2D eigenvalue weighted by atomic mass is 16.6. The molecule has 0 unspecified atom stereocenters. The van der Waals surface area contributed by atoms with Crippen molar-refractivity contribution in [3.63, 3.8) is 0 Å². The number of anilines is 1. The lowest BCUT2D eigenvalue weighted by molar-refractivity contribution is -0.384. The van der Waals surface area contributed by atoms with Gasteiger partial charge in [-0.2, -0.15) is 4.98 Å². The number of aryl methyl sites for hydroxylation is 1. The molecule has 0 saturated carbocycles. The maximum Gasteiger partial charge on any atom is 0.339 e. The average Bonchev–Trinajstić information content (AvgIpc) is 2.37. The average molecular weight is 289 g/mol. The number of nitrogen functional groups attached to an aromatic ring is 1. The van der Waals surface area contributed by atoms with Gasteiger partial charge in [0.25, 0.3) is 0 Å². The van der Waals surface area contributed by atoms with E-state index in [0.29, 0.717) is 0 Å². The van der Waals surface area contributed by atoms with Gasteiger partial charge < -0.3 is 15.6 Å². The number of nitro groups is 1. The molecule has 0 atom stereocenters.